The number of esters is 2. The molecule has 0 saturated carbocycles. The fourth-order valence-electron chi connectivity index (χ4n) is 3.69. The summed E-state index contributed by atoms with van der Waals surface area (Å²) >= 11 is 6.74. The number of carbonyl (C=O) groups excluding carboxylic acids is 2. The summed E-state index contributed by atoms with van der Waals surface area (Å²) in [5, 5.41) is 0. The van der Waals surface area contributed by atoms with Crippen molar-refractivity contribution in [1.82, 2.24) is 0 Å². The van der Waals surface area contributed by atoms with E-state index in [-0.39, 0.29) is 11.1 Å². The van der Waals surface area contributed by atoms with Gasteiger partial charge in [-0.3, -0.25) is 0 Å². The maximum Gasteiger partial charge on any atom is 0.347 e. The van der Waals surface area contributed by atoms with Crippen LogP contribution in [0.25, 0.3) is 0 Å². The number of hydrogen-bond acceptors (Lipinski definition) is 5. The molecule has 0 bridgehead atoms. The lowest BCUT2D eigenvalue weighted by Gasteiger charge is -2.13. The molecule has 0 unspecified atom stereocenters. The van der Waals surface area contributed by atoms with Gasteiger partial charge in [0.1, 0.15) is 22.8 Å². The molecule has 0 radical (unpaired) electrons. The first-order valence-electron chi connectivity index (χ1n) is 12.7. The summed E-state index contributed by atoms with van der Waals surface area (Å²) in [6.45, 7) is 2.66. The monoisotopic (exact) mass is 630 g/mol. The predicted octanol–water partition coefficient (Wildman–Crippen LogP) is 9.17. The van der Waals surface area contributed by atoms with Crippen molar-refractivity contribution in [1.29, 1.82) is 0 Å². The van der Waals surface area contributed by atoms with Gasteiger partial charge in [-0.25, -0.2) is 9.59 Å². The Morgan fingerprint density at radius 1 is 0.649 bits per heavy atom. The molecule has 3 rings (SSSR count). The molecule has 0 amide bonds. The van der Waals surface area contributed by atoms with Gasteiger partial charge in [-0.2, -0.15) is 0 Å². The van der Waals surface area contributed by atoms with E-state index in [2.05, 4.69) is 38.8 Å². The molecule has 0 aliphatic heterocycles. The van der Waals surface area contributed by atoms with Crippen LogP contribution in [-0.4, -0.2) is 18.5 Å². The quantitative estimate of drug-likeness (QED) is 0.101. The molecule has 0 aliphatic carbocycles. The molecule has 0 atom stereocenters. The van der Waals surface area contributed by atoms with E-state index in [0.717, 1.165) is 28.2 Å². The Morgan fingerprint density at radius 3 is 1.73 bits per heavy atom. The van der Waals surface area contributed by atoms with E-state index in [9.17, 15) is 9.59 Å². The Hall–Kier alpha value is -2.64. The molecule has 3 aromatic carbocycles. The summed E-state index contributed by atoms with van der Waals surface area (Å²) in [5.41, 5.74) is 0.539. The van der Waals surface area contributed by atoms with Crippen LogP contribution >= 0.6 is 31.9 Å². The van der Waals surface area contributed by atoms with Crippen molar-refractivity contribution in [2.24, 2.45) is 0 Å². The fourth-order valence-corrected chi connectivity index (χ4v) is 4.22. The second kappa shape index (κ2) is 15.6. The standard InChI is InChI=1S/C30H32Br2O5/c1-2-3-4-5-6-7-8-9-20-35-28-21-22(29(33)36-25-15-11-23(31)12-16-25)10-19-27(28)30(34)37-26-17-13-24(32)14-18-26/h10-19,21H,2-9,20H2,1H3. The summed E-state index contributed by atoms with van der Waals surface area (Å²) in [5.74, 6) is 0.0535. The fraction of sp³-hybridized carbons (Fsp3) is 0.333. The van der Waals surface area contributed by atoms with Crippen LogP contribution in [0, 0.1) is 0 Å². The number of ether oxygens (including phenoxy) is 3. The maximum atomic E-state index is 12.9. The molecule has 7 heteroatoms. The van der Waals surface area contributed by atoms with E-state index >= 15 is 0 Å². The number of halogens is 2. The number of rotatable bonds is 14. The van der Waals surface area contributed by atoms with E-state index in [1.165, 1.54) is 32.1 Å². The van der Waals surface area contributed by atoms with Crippen molar-refractivity contribution in [3.05, 3.63) is 86.8 Å². The molecule has 0 N–H and O–H groups in total. The zero-order valence-electron chi connectivity index (χ0n) is 21.0. The first-order valence-corrected chi connectivity index (χ1v) is 14.3. The van der Waals surface area contributed by atoms with Gasteiger partial charge in [-0.1, -0.05) is 83.7 Å². The highest BCUT2D eigenvalue weighted by atomic mass is 79.9. The van der Waals surface area contributed by atoms with Crippen LogP contribution in [0.4, 0.5) is 0 Å². The zero-order chi connectivity index (χ0) is 26.5. The minimum Gasteiger partial charge on any atom is -0.493 e. The van der Waals surface area contributed by atoms with Crippen LogP contribution < -0.4 is 14.2 Å². The molecule has 37 heavy (non-hydrogen) atoms. The minimum atomic E-state index is -0.555. The van der Waals surface area contributed by atoms with Crippen LogP contribution in [0.5, 0.6) is 17.2 Å². The first-order chi connectivity index (χ1) is 18.0. The van der Waals surface area contributed by atoms with Crippen LogP contribution in [-0.2, 0) is 0 Å². The van der Waals surface area contributed by atoms with Gasteiger partial charge in [0.25, 0.3) is 0 Å². The Bertz CT molecular complexity index is 1140. The average molecular weight is 632 g/mol. The third-order valence-corrected chi connectivity index (χ3v) is 6.80. The summed E-state index contributed by atoms with van der Waals surface area (Å²) in [7, 11) is 0. The van der Waals surface area contributed by atoms with Crippen molar-refractivity contribution < 1.29 is 23.8 Å². The van der Waals surface area contributed by atoms with Crippen LogP contribution in [0.3, 0.4) is 0 Å². The smallest absolute Gasteiger partial charge is 0.347 e. The Morgan fingerprint density at radius 2 is 1.16 bits per heavy atom. The van der Waals surface area contributed by atoms with Gasteiger partial charge in [0.05, 0.1) is 12.2 Å². The second-order valence-electron chi connectivity index (χ2n) is 8.72. The maximum absolute atomic E-state index is 12.9. The number of benzene rings is 3. The largest absolute Gasteiger partial charge is 0.493 e. The molecule has 3 aromatic rings. The van der Waals surface area contributed by atoms with Crippen LogP contribution in [0.15, 0.2) is 75.7 Å². The second-order valence-corrected chi connectivity index (χ2v) is 10.6. The molecular formula is C30H32Br2O5. The van der Waals surface area contributed by atoms with Gasteiger partial charge in [-0.05, 0) is 73.2 Å². The Kier molecular flexibility index (Phi) is 12.2. The third-order valence-electron chi connectivity index (χ3n) is 5.74. The lowest BCUT2D eigenvalue weighted by Crippen LogP contribution is -2.14. The van der Waals surface area contributed by atoms with Crippen molar-refractivity contribution >= 4 is 43.8 Å². The summed E-state index contributed by atoms with van der Waals surface area (Å²) < 4.78 is 18.8. The molecule has 196 valence electrons. The van der Waals surface area contributed by atoms with Gasteiger partial charge < -0.3 is 14.2 Å². The number of unbranched alkanes of at least 4 members (excludes halogenated alkanes) is 7. The van der Waals surface area contributed by atoms with Crippen molar-refractivity contribution in [3.63, 3.8) is 0 Å². The van der Waals surface area contributed by atoms with E-state index in [4.69, 9.17) is 14.2 Å². The number of hydrogen-bond donors (Lipinski definition) is 0. The van der Waals surface area contributed by atoms with Crippen LogP contribution in [0.2, 0.25) is 0 Å². The number of carbonyl (C=O) groups is 2. The van der Waals surface area contributed by atoms with Crippen molar-refractivity contribution in [2.75, 3.05) is 6.61 Å². The van der Waals surface area contributed by atoms with Gasteiger partial charge in [0.2, 0.25) is 0 Å². The van der Waals surface area contributed by atoms with E-state index in [1.54, 1.807) is 66.7 Å². The molecular weight excluding hydrogens is 600 g/mol. The summed E-state index contributed by atoms with van der Waals surface area (Å²) in [4.78, 5) is 25.7. The summed E-state index contributed by atoms with van der Waals surface area (Å²) in [6, 6.07) is 18.6. The lowest BCUT2D eigenvalue weighted by atomic mass is 10.1. The van der Waals surface area contributed by atoms with Gasteiger partial charge in [0, 0.05) is 8.95 Å². The molecule has 0 fully saturated rings. The zero-order valence-corrected chi connectivity index (χ0v) is 24.2. The molecule has 0 aliphatic rings. The normalized spacial score (nSPS) is 10.7. The van der Waals surface area contributed by atoms with Crippen molar-refractivity contribution in [3.8, 4) is 17.2 Å². The Balaban J connectivity index is 1.66. The Labute approximate surface area is 235 Å². The molecule has 0 heterocycles. The van der Waals surface area contributed by atoms with E-state index in [0.29, 0.717) is 23.9 Å². The average Bonchev–Trinajstić information content (AvgIpc) is 2.90. The highest BCUT2D eigenvalue weighted by Crippen LogP contribution is 2.26. The predicted molar refractivity (Wildman–Crippen MR) is 153 cm³/mol. The molecule has 0 spiro atoms. The highest BCUT2D eigenvalue weighted by Gasteiger charge is 2.19. The molecule has 0 saturated heterocycles. The third kappa shape index (κ3) is 9.97. The van der Waals surface area contributed by atoms with E-state index in [1.807, 2.05) is 0 Å². The first kappa shape index (κ1) is 28.9. The molecule has 0 aromatic heterocycles. The van der Waals surface area contributed by atoms with Crippen LogP contribution in [0.1, 0.15) is 79.0 Å². The van der Waals surface area contributed by atoms with Gasteiger partial charge in [-0.15, -0.1) is 0 Å². The summed E-state index contributed by atoms with van der Waals surface area (Å²) in [6.07, 6.45) is 9.40. The van der Waals surface area contributed by atoms with Gasteiger partial charge in [0.15, 0.2) is 0 Å². The highest BCUT2D eigenvalue weighted by molar-refractivity contribution is 9.10. The van der Waals surface area contributed by atoms with Gasteiger partial charge >= 0.3 is 11.9 Å². The van der Waals surface area contributed by atoms with E-state index < -0.39 is 11.9 Å². The SMILES string of the molecule is CCCCCCCCCCOc1cc(C(=O)Oc2ccc(Br)cc2)ccc1C(=O)Oc1ccc(Br)cc1. The van der Waals surface area contributed by atoms with Crippen molar-refractivity contribution in [2.45, 2.75) is 58.3 Å². The minimum absolute atomic E-state index is 0.252. The molecule has 5 nitrogen and oxygen atoms in total. The topological polar surface area (TPSA) is 61.8 Å². The lowest BCUT2D eigenvalue weighted by molar-refractivity contribution is 0.0716.